The Morgan fingerprint density at radius 2 is 1.39 bits per heavy atom. The van der Waals surface area contributed by atoms with Gasteiger partial charge in [-0.2, -0.15) is 0 Å². The highest BCUT2D eigenvalue weighted by Gasteiger charge is 2.30. The lowest BCUT2D eigenvalue weighted by molar-refractivity contribution is -0.0798. The van der Waals surface area contributed by atoms with Crippen molar-refractivity contribution in [3.8, 4) is 0 Å². The first-order valence-corrected chi connectivity index (χ1v) is 9.44. The molecule has 0 bridgehead atoms. The van der Waals surface area contributed by atoms with E-state index in [1.54, 1.807) is 0 Å². The molecule has 0 aliphatic rings. The lowest BCUT2D eigenvalue weighted by Crippen LogP contribution is -2.29. The number of ether oxygens (including phenoxy) is 4. The Bertz CT molecular complexity index is 401. The maximum absolute atomic E-state index is 6.21. The topological polar surface area (TPSA) is 36.9 Å². The molecule has 4 nitrogen and oxygen atoms in total. The molecule has 0 saturated heterocycles. The second-order valence-electron chi connectivity index (χ2n) is 5.38. The highest BCUT2D eigenvalue weighted by Crippen LogP contribution is 2.37. The average molecular weight is 345 g/mol. The molecule has 23 heavy (non-hydrogen) atoms. The van der Waals surface area contributed by atoms with Gasteiger partial charge in [-0.1, -0.05) is 13.8 Å². The number of thiophene rings is 1. The van der Waals surface area contributed by atoms with Crippen molar-refractivity contribution in [3.63, 3.8) is 0 Å². The van der Waals surface area contributed by atoms with E-state index < -0.39 is 0 Å². The minimum Gasteiger partial charge on any atom is -0.379 e. The summed E-state index contributed by atoms with van der Waals surface area (Å²) in [6, 6.07) is 4.36. The fraction of sp³-hybridized carbons (Fsp3) is 0.778. The third-order valence-corrected chi connectivity index (χ3v) is 5.07. The molecular formula is C18H32O4S. The molecule has 1 aromatic heterocycles. The molecule has 0 unspecified atom stereocenters. The fourth-order valence-electron chi connectivity index (χ4n) is 2.43. The maximum atomic E-state index is 6.21. The minimum absolute atomic E-state index is 0.170. The van der Waals surface area contributed by atoms with Gasteiger partial charge in [0.2, 0.25) is 0 Å². The van der Waals surface area contributed by atoms with Crippen molar-refractivity contribution in [3.05, 3.63) is 21.9 Å². The van der Waals surface area contributed by atoms with E-state index in [4.69, 9.17) is 18.9 Å². The molecule has 0 N–H and O–H groups in total. The van der Waals surface area contributed by atoms with Crippen LogP contribution in [-0.4, -0.2) is 46.2 Å². The van der Waals surface area contributed by atoms with E-state index in [0.29, 0.717) is 39.6 Å². The molecule has 1 heterocycles. The Morgan fingerprint density at radius 1 is 0.826 bits per heavy atom. The van der Waals surface area contributed by atoms with E-state index >= 15 is 0 Å². The van der Waals surface area contributed by atoms with Crippen LogP contribution in [-0.2, 0) is 24.5 Å². The van der Waals surface area contributed by atoms with Gasteiger partial charge in [0, 0.05) is 16.4 Å². The Morgan fingerprint density at radius 3 is 1.87 bits per heavy atom. The van der Waals surface area contributed by atoms with E-state index in [9.17, 15) is 0 Å². The smallest absolute Gasteiger partial charge is 0.102 e. The summed E-state index contributed by atoms with van der Waals surface area (Å²) in [7, 11) is 0. The molecule has 0 fully saturated rings. The number of hydrogen-bond acceptors (Lipinski definition) is 5. The highest BCUT2D eigenvalue weighted by atomic mass is 32.1. The first-order valence-electron chi connectivity index (χ1n) is 8.62. The van der Waals surface area contributed by atoms with E-state index in [1.165, 1.54) is 9.75 Å². The van der Waals surface area contributed by atoms with Crippen LogP contribution >= 0.6 is 11.3 Å². The van der Waals surface area contributed by atoms with Crippen LogP contribution < -0.4 is 0 Å². The lowest BCUT2D eigenvalue weighted by Gasteiger charge is -2.31. The van der Waals surface area contributed by atoms with Gasteiger partial charge >= 0.3 is 0 Å². The second-order valence-corrected chi connectivity index (χ2v) is 6.67. The van der Waals surface area contributed by atoms with Crippen molar-refractivity contribution in [1.82, 2.24) is 0 Å². The SMILES string of the molecule is CCOCCOCCOCCOC(CC)(CC)c1ccc(C)s1. The van der Waals surface area contributed by atoms with Crippen LogP contribution in [0.1, 0.15) is 43.4 Å². The summed E-state index contributed by atoms with van der Waals surface area (Å²) in [6.07, 6.45) is 1.95. The van der Waals surface area contributed by atoms with Gasteiger partial charge in [0.15, 0.2) is 0 Å². The van der Waals surface area contributed by atoms with Gasteiger partial charge in [-0.15, -0.1) is 11.3 Å². The molecule has 1 aromatic rings. The highest BCUT2D eigenvalue weighted by molar-refractivity contribution is 7.12. The van der Waals surface area contributed by atoms with E-state index in [-0.39, 0.29) is 5.60 Å². The minimum atomic E-state index is -0.170. The first kappa shape index (κ1) is 20.6. The molecule has 0 spiro atoms. The molecule has 0 aliphatic heterocycles. The predicted molar refractivity (Wildman–Crippen MR) is 95.4 cm³/mol. The van der Waals surface area contributed by atoms with Crippen LogP contribution in [0, 0.1) is 6.92 Å². The van der Waals surface area contributed by atoms with Crippen molar-refractivity contribution in [2.75, 3.05) is 46.2 Å². The Balaban J connectivity index is 2.19. The van der Waals surface area contributed by atoms with Crippen LogP contribution in [0.3, 0.4) is 0 Å². The molecule has 0 aliphatic carbocycles. The van der Waals surface area contributed by atoms with Gasteiger partial charge in [0.1, 0.15) is 5.60 Å². The van der Waals surface area contributed by atoms with Crippen LogP contribution in [0.4, 0.5) is 0 Å². The van der Waals surface area contributed by atoms with Gasteiger partial charge in [-0.05, 0) is 38.8 Å². The number of aryl methyl sites for hydroxylation is 1. The standard InChI is InChI=1S/C18H32O4S/c1-5-18(6-2,17-9-8-16(4)23-17)22-15-14-21-13-12-20-11-10-19-7-3/h8-9H,5-7,10-15H2,1-4H3. The number of rotatable bonds is 14. The first-order chi connectivity index (χ1) is 11.2. The molecular weight excluding hydrogens is 312 g/mol. The van der Waals surface area contributed by atoms with Crippen molar-refractivity contribution in [2.24, 2.45) is 0 Å². The third kappa shape index (κ3) is 7.31. The molecule has 0 amide bonds. The van der Waals surface area contributed by atoms with Crippen LogP contribution in [0.2, 0.25) is 0 Å². The van der Waals surface area contributed by atoms with E-state index in [2.05, 4.69) is 32.9 Å². The monoisotopic (exact) mass is 344 g/mol. The summed E-state index contributed by atoms with van der Waals surface area (Å²) in [5, 5.41) is 0. The maximum Gasteiger partial charge on any atom is 0.102 e. The van der Waals surface area contributed by atoms with E-state index in [1.807, 2.05) is 18.3 Å². The summed E-state index contributed by atoms with van der Waals surface area (Å²) >= 11 is 1.83. The third-order valence-electron chi connectivity index (χ3n) is 3.89. The Hall–Kier alpha value is -0.460. The Labute approximate surface area is 145 Å². The zero-order valence-electron chi connectivity index (χ0n) is 15.1. The van der Waals surface area contributed by atoms with Crippen molar-refractivity contribution < 1.29 is 18.9 Å². The molecule has 0 radical (unpaired) electrons. The zero-order valence-corrected chi connectivity index (χ0v) is 15.9. The molecule has 134 valence electrons. The zero-order chi connectivity index (χ0) is 17.0. The molecule has 5 heteroatoms. The molecule has 0 atom stereocenters. The van der Waals surface area contributed by atoms with Crippen LogP contribution in [0.5, 0.6) is 0 Å². The predicted octanol–water partition coefficient (Wildman–Crippen LogP) is 4.16. The van der Waals surface area contributed by atoms with Crippen LogP contribution in [0.15, 0.2) is 12.1 Å². The van der Waals surface area contributed by atoms with Gasteiger partial charge in [0.25, 0.3) is 0 Å². The summed E-state index contributed by atoms with van der Waals surface area (Å²) in [5.74, 6) is 0. The van der Waals surface area contributed by atoms with Crippen molar-refractivity contribution in [1.29, 1.82) is 0 Å². The van der Waals surface area contributed by atoms with Crippen molar-refractivity contribution >= 4 is 11.3 Å². The molecule has 1 rings (SSSR count). The molecule has 0 aromatic carbocycles. The lowest BCUT2D eigenvalue weighted by atomic mass is 9.95. The normalized spacial score (nSPS) is 12.0. The van der Waals surface area contributed by atoms with Gasteiger partial charge < -0.3 is 18.9 Å². The quantitative estimate of drug-likeness (QED) is 0.475. The Kier molecular flexibility index (Phi) is 10.7. The summed E-state index contributed by atoms with van der Waals surface area (Å²) < 4.78 is 22.4. The largest absolute Gasteiger partial charge is 0.379 e. The van der Waals surface area contributed by atoms with Crippen molar-refractivity contribution in [2.45, 2.75) is 46.1 Å². The van der Waals surface area contributed by atoms with Gasteiger partial charge in [-0.25, -0.2) is 0 Å². The van der Waals surface area contributed by atoms with Gasteiger partial charge in [0.05, 0.1) is 39.6 Å². The fourth-order valence-corrected chi connectivity index (χ4v) is 3.59. The van der Waals surface area contributed by atoms with E-state index in [0.717, 1.165) is 19.4 Å². The second kappa shape index (κ2) is 12.0. The van der Waals surface area contributed by atoms with Gasteiger partial charge in [-0.3, -0.25) is 0 Å². The van der Waals surface area contributed by atoms with Crippen LogP contribution in [0.25, 0.3) is 0 Å². The number of hydrogen-bond donors (Lipinski definition) is 0. The summed E-state index contributed by atoms with van der Waals surface area (Å²) in [4.78, 5) is 2.65. The summed E-state index contributed by atoms with van der Waals surface area (Å²) in [6.45, 7) is 12.9. The molecule has 0 saturated carbocycles. The average Bonchev–Trinajstić information content (AvgIpc) is 3.00. The summed E-state index contributed by atoms with van der Waals surface area (Å²) in [5.41, 5.74) is -0.170.